The van der Waals surface area contributed by atoms with Crippen LogP contribution < -0.4 is 5.32 Å². The first kappa shape index (κ1) is 16.8. The molecule has 3 rings (SSSR count). The molecule has 1 aromatic carbocycles. The number of amides is 1. The fourth-order valence-corrected chi connectivity index (χ4v) is 2.48. The summed E-state index contributed by atoms with van der Waals surface area (Å²) in [5.74, 6) is 1.20. The molecule has 1 amide bonds. The summed E-state index contributed by atoms with van der Waals surface area (Å²) in [4.78, 5) is 15.8. The summed E-state index contributed by atoms with van der Waals surface area (Å²) in [7, 11) is 5.60. The van der Waals surface area contributed by atoms with Gasteiger partial charge in [0.05, 0.1) is 19.4 Å². The molecule has 1 unspecified atom stereocenters. The van der Waals surface area contributed by atoms with E-state index < -0.39 is 0 Å². The largest absolute Gasteiger partial charge is 0.468 e. The molecule has 0 aliphatic heterocycles. The Kier molecular flexibility index (Phi) is 4.90. The molecule has 1 N–H and O–H groups in total. The van der Waals surface area contributed by atoms with Gasteiger partial charge in [-0.05, 0) is 43.6 Å². The van der Waals surface area contributed by atoms with Gasteiger partial charge in [-0.1, -0.05) is 12.1 Å². The molecule has 0 bridgehead atoms. The van der Waals surface area contributed by atoms with Crippen LogP contribution in [-0.2, 0) is 7.05 Å². The maximum atomic E-state index is 12.4. The van der Waals surface area contributed by atoms with Gasteiger partial charge in [-0.25, -0.2) is 0 Å². The van der Waals surface area contributed by atoms with Gasteiger partial charge in [-0.15, -0.1) is 10.2 Å². The topological polar surface area (TPSA) is 89.1 Å². The zero-order valence-electron chi connectivity index (χ0n) is 14.4. The number of hydrogen-bond acceptors (Lipinski definition) is 6. The molecule has 0 aliphatic carbocycles. The summed E-state index contributed by atoms with van der Waals surface area (Å²) in [6.45, 7) is 0.451. The fraction of sp³-hybridized carbons (Fsp3) is 0.294. The van der Waals surface area contributed by atoms with Gasteiger partial charge in [0.1, 0.15) is 5.76 Å². The number of tetrazole rings is 1. The average molecular weight is 340 g/mol. The summed E-state index contributed by atoms with van der Waals surface area (Å²) < 4.78 is 5.45. The average Bonchev–Trinajstić information content (AvgIpc) is 3.27. The van der Waals surface area contributed by atoms with E-state index in [2.05, 4.69) is 20.7 Å². The van der Waals surface area contributed by atoms with Crippen LogP contribution >= 0.6 is 0 Å². The highest BCUT2D eigenvalue weighted by Gasteiger charge is 2.18. The van der Waals surface area contributed by atoms with Gasteiger partial charge in [0.2, 0.25) is 5.82 Å². The third kappa shape index (κ3) is 3.92. The number of carbonyl (C=O) groups excluding carboxylic acids is 1. The van der Waals surface area contributed by atoms with Crippen molar-refractivity contribution in [3.63, 3.8) is 0 Å². The molecule has 0 saturated heterocycles. The highest BCUT2D eigenvalue weighted by Crippen LogP contribution is 2.18. The van der Waals surface area contributed by atoms with Crippen molar-refractivity contribution in [2.24, 2.45) is 7.05 Å². The van der Waals surface area contributed by atoms with Crippen LogP contribution in [0.1, 0.15) is 22.2 Å². The lowest BCUT2D eigenvalue weighted by atomic mass is 10.1. The molecule has 3 aromatic rings. The Bertz CT molecular complexity index is 823. The smallest absolute Gasteiger partial charge is 0.251 e. The molecule has 2 aromatic heterocycles. The number of nitrogens with one attached hydrogen (secondary N) is 1. The van der Waals surface area contributed by atoms with E-state index >= 15 is 0 Å². The van der Waals surface area contributed by atoms with Gasteiger partial charge in [0.25, 0.3) is 5.91 Å². The first-order chi connectivity index (χ1) is 12.0. The lowest BCUT2D eigenvalue weighted by Crippen LogP contribution is -2.34. The van der Waals surface area contributed by atoms with Gasteiger partial charge >= 0.3 is 0 Å². The van der Waals surface area contributed by atoms with Gasteiger partial charge in [0.15, 0.2) is 0 Å². The van der Waals surface area contributed by atoms with E-state index in [1.807, 2.05) is 43.3 Å². The first-order valence-electron chi connectivity index (χ1n) is 7.87. The molecule has 25 heavy (non-hydrogen) atoms. The van der Waals surface area contributed by atoms with Crippen LogP contribution in [0.15, 0.2) is 47.1 Å². The van der Waals surface area contributed by atoms with Crippen LogP contribution in [0.3, 0.4) is 0 Å². The number of carbonyl (C=O) groups is 1. The van der Waals surface area contributed by atoms with Crippen LogP contribution in [0.4, 0.5) is 0 Å². The summed E-state index contributed by atoms with van der Waals surface area (Å²) >= 11 is 0. The summed E-state index contributed by atoms with van der Waals surface area (Å²) in [5.41, 5.74) is 1.39. The van der Waals surface area contributed by atoms with Gasteiger partial charge in [-0.2, -0.15) is 4.80 Å². The van der Waals surface area contributed by atoms with Crippen LogP contribution in [0.25, 0.3) is 11.4 Å². The van der Waals surface area contributed by atoms with E-state index in [0.717, 1.165) is 11.3 Å². The molecule has 2 heterocycles. The summed E-state index contributed by atoms with van der Waals surface area (Å²) in [5, 5.41) is 14.8. The van der Waals surface area contributed by atoms with E-state index in [4.69, 9.17) is 4.42 Å². The first-order valence-corrected chi connectivity index (χ1v) is 7.87. The number of likely N-dealkylation sites (N-methyl/N-ethyl adjacent to an activating group) is 1. The Morgan fingerprint density at radius 1 is 1.28 bits per heavy atom. The third-order valence-corrected chi connectivity index (χ3v) is 3.86. The van der Waals surface area contributed by atoms with Crippen molar-refractivity contribution in [2.45, 2.75) is 6.04 Å². The van der Waals surface area contributed by atoms with Crippen molar-refractivity contribution in [1.29, 1.82) is 0 Å². The monoisotopic (exact) mass is 340 g/mol. The van der Waals surface area contributed by atoms with Crippen molar-refractivity contribution in [3.05, 3.63) is 54.0 Å². The second-order valence-electron chi connectivity index (χ2n) is 5.88. The van der Waals surface area contributed by atoms with Crippen molar-refractivity contribution >= 4 is 5.91 Å². The molecule has 0 saturated carbocycles. The van der Waals surface area contributed by atoms with Gasteiger partial charge < -0.3 is 9.73 Å². The Balaban J connectivity index is 1.65. The maximum Gasteiger partial charge on any atom is 0.251 e. The van der Waals surface area contributed by atoms with Crippen molar-refractivity contribution in [3.8, 4) is 11.4 Å². The number of benzene rings is 1. The predicted octanol–water partition coefficient (Wildman–Crippen LogP) is 1.50. The number of furan rings is 1. The van der Waals surface area contributed by atoms with Crippen molar-refractivity contribution in [1.82, 2.24) is 30.4 Å². The second-order valence-corrected chi connectivity index (χ2v) is 5.88. The van der Waals surface area contributed by atoms with Crippen LogP contribution in [0.5, 0.6) is 0 Å². The van der Waals surface area contributed by atoms with Crippen molar-refractivity contribution < 1.29 is 9.21 Å². The van der Waals surface area contributed by atoms with Crippen LogP contribution in [-0.4, -0.2) is 51.7 Å². The van der Waals surface area contributed by atoms with E-state index in [1.54, 1.807) is 25.4 Å². The molecule has 0 aliphatic rings. The number of hydrogen-bond donors (Lipinski definition) is 1. The quantitative estimate of drug-likeness (QED) is 0.731. The Hall–Kier alpha value is -3.00. The fourth-order valence-electron chi connectivity index (χ4n) is 2.48. The third-order valence-electron chi connectivity index (χ3n) is 3.86. The lowest BCUT2D eigenvalue weighted by Gasteiger charge is -2.22. The number of aromatic nitrogens is 4. The Morgan fingerprint density at radius 3 is 2.60 bits per heavy atom. The number of nitrogens with zero attached hydrogens (tertiary/aromatic N) is 5. The molecule has 8 heteroatoms. The lowest BCUT2D eigenvalue weighted by molar-refractivity contribution is 0.0939. The Labute approximate surface area is 145 Å². The molecule has 8 nitrogen and oxygen atoms in total. The molecular formula is C17H20N6O2. The zero-order valence-corrected chi connectivity index (χ0v) is 14.4. The van der Waals surface area contributed by atoms with Crippen LogP contribution in [0, 0.1) is 0 Å². The standard InChI is InChI=1S/C17H20N6O2/c1-22(2)14(15-5-4-10-25-15)11-18-17(24)13-8-6-12(7-9-13)16-19-21-23(3)20-16/h4-10,14H,11H2,1-3H3,(H,18,24). The summed E-state index contributed by atoms with van der Waals surface area (Å²) in [6, 6.07) is 10.8. The minimum Gasteiger partial charge on any atom is -0.468 e. The maximum absolute atomic E-state index is 12.4. The molecule has 0 radical (unpaired) electrons. The SMILES string of the molecule is CN(C)C(CNC(=O)c1ccc(-c2nnn(C)n2)cc1)c1ccco1. The van der Waals surface area contributed by atoms with E-state index in [9.17, 15) is 4.79 Å². The summed E-state index contributed by atoms with van der Waals surface area (Å²) in [6.07, 6.45) is 1.63. The molecule has 0 spiro atoms. The zero-order chi connectivity index (χ0) is 17.8. The highest BCUT2D eigenvalue weighted by molar-refractivity contribution is 5.94. The minimum absolute atomic E-state index is 0.0259. The number of rotatable bonds is 6. The van der Waals surface area contributed by atoms with Crippen molar-refractivity contribution in [2.75, 3.05) is 20.6 Å². The van der Waals surface area contributed by atoms with E-state index in [0.29, 0.717) is 17.9 Å². The van der Waals surface area contributed by atoms with E-state index in [-0.39, 0.29) is 11.9 Å². The predicted molar refractivity (Wildman–Crippen MR) is 91.7 cm³/mol. The molecule has 0 fully saturated rings. The van der Waals surface area contributed by atoms with Crippen LogP contribution in [0.2, 0.25) is 0 Å². The molecular weight excluding hydrogens is 320 g/mol. The minimum atomic E-state index is -0.142. The Morgan fingerprint density at radius 2 is 2.04 bits per heavy atom. The molecule has 130 valence electrons. The normalized spacial score (nSPS) is 12.3. The molecule has 1 atom stereocenters. The number of aryl methyl sites for hydroxylation is 1. The highest BCUT2D eigenvalue weighted by atomic mass is 16.3. The van der Waals surface area contributed by atoms with Gasteiger partial charge in [0, 0.05) is 17.7 Å². The second kappa shape index (κ2) is 7.27. The van der Waals surface area contributed by atoms with Gasteiger partial charge in [-0.3, -0.25) is 9.69 Å². The van der Waals surface area contributed by atoms with E-state index in [1.165, 1.54) is 4.80 Å².